The number of anilines is 1. The van der Waals surface area contributed by atoms with E-state index in [1.54, 1.807) is 0 Å². The number of nitrogens with zero attached hydrogens (tertiary/aromatic N) is 2. The van der Waals surface area contributed by atoms with E-state index in [0.29, 0.717) is 25.5 Å². The molecule has 1 amide bonds. The van der Waals surface area contributed by atoms with Crippen molar-refractivity contribution in [3.05, 3.63) is 53.1 Å². The van der Waals surface area contributed by atoms with Gasteiger partial charge in [-0.2, -0.15) is 0 Å². The molecule has 0 aliphatic carbocycles. The summed E-state index contributed by atoms with van der Waals surface area (Å²) < 4.78 is 11.3. The zero-order valence-electron chi connectivity index (χ0n) is 16.4. The normalized spacial score (nSPS) is 17.6. The molecule has 0 bridgehead atoms. The maximum absolute atomic E-state index is 12.5. The van der Waals surface area contributed by atoms with Crippen LogP contribution in [-0.4, -0.2) is 61.6 Å². The second-order valence-electron chi connectivity index (χ2n) is 7.44. The summed E-state index contributed by atoms with van der Waals surface area (Å²) in [4.78, 5) is 17.1. The van der Waals surface area contributed by atoms with E-state index in [1.807, 2.05) is 36.4 Å². The largest absolute Gasteiger partial charge is 0.490 e. The minimum absolute atomic E-state index is 0.0113. The summed E-state index contributed by atoms with van der Waals surface area (Å²) in [5.74, 6) is 1.41. The number of fused-ring (bicyclic) bond motifs is 1. The van der Waals surface area contributed by atoms with Gasteiger partial charge in [-0.25, -0.2) is 0 Å². The zero-order chi connectivity index (χ0) is 20.1. The molecular weight excluding hydrogens is 390 g/mol. The quantitative estimate of drug-likeness (QED) is 0.812. The van der Waals surface area contributed by atoms with Crippen LogP contribution >= 0.6 is 11.6 Å². The Kier molecular flexibility index (Phi) is 6.54. The topological polar surface area (TPSA) is 54.0 Å². The lowest BCUT2D eigenvalue weighted by Gasteiger charge is -2.34. The third-order valence-corrected chi connectivity index (χ3v) is 5.39. The number of hydrogen-bond acceptors (Lipinski definition) is 5. The van der Waals surface area contributed by atoms with Crippen molar-refractivity contribution in [1.29, 1.82) is 0 Å². The van der Waals surface area contributed by atoms with Crippen LogP contribution < -0.4 is 14.8 Å². The van der Waals surface area contributed by atoms with E-state index in [9.17, 15) is 4.79 Å². The van der Waals surface area contributed by atoms with Crippen molar-refractivity contribution < 1.29 is 14.3 Å². The predicted octanol–water partition coefficient (Wildman–Crippen LogP) is 3.26. The Bertz CT molecular complexity index is 853. The van der Waals surface area contributed by atoms with Gasteiger partial charge < -0.3 is 14.8 Å². The van der Waals surface area contributed by atoms with E-state index in [1.165, 1.54) is 5.56 Å². The second kappa shape index (κ2) is 9.48. The van der Waals surface area contributed by atoms with Crippen molar-refractivity contribution in [3.8, 4) is 11.5 Å². The summed E-state index contributed by atoms with van der Waals surface area (Å²) in [5.41, 5.74) is 1.96. The van der Waals surface area contributed by atoms with Gasteiger partial charge in [-0.3, -0.25) is 14.6 Å². The van der Waals surface area contributed by atoms with Gasteiger partial charge in [0.2, 0.25) is 5.91 Å². The summed E-state index contributed by atoms with van der Waals surface area (Å²) in [6.07, 6.45) is 0.861. The summed E-state index contributed by atoms with van der Waals surface area (Å²) in [7, 11) is 0. The maximum atomic E-state index is 12.5. The molecule has 0 unspecified atom stereocenters. The van der Waals surface area contributed by atoms with Crippen molar-refractivity contribution >= 4 is 23.2 Å². The molecule has 29 heavy (non-hydrogen) atoms. The fourth-order valence-electron chi connectivity index (χ4n) is 3.64. The van der Waals surface area contributed by atoms with E-state index in [-0.39, 0.29) is 5.91 Å². The first-order valence-electron chi connectivity index (χ1n) is 10.0. The molecular formula is C22H26ClN3O3. The molecule has 7 heteroatoms. The number of rotatable bonds is 5. The van der Waals surface area contributed by atoms with Gasteiger partial charge >= 0.3 is 0 Å². The van der Waals surface area contributed by atoms with E-state index >= 15 is 0 Å². The van der Waals surface area contributed by atoms with E-state index < -0.39 is 0 Å². The Hall–Kier alpha value is -2.28. The molecule has 0 radical (unpaired) electrons. The molecule has 1 N–H and O–H groups in total. The van der Waals surface area contributed by atoms with Crippen molar-refractivity contribution in [2.45, 2.75) is 13.0 Å². The van der Waals surface area contributed by atoms with Crippen LogP contribution in [0.4, 0.5) is 5.69 Å². The van der Waals surface area contributed by atoms with Crippen LogP contribution in [0, 0.1) is 0 Å². The van der Waals surface area contributed by atoms with Gasteiger partial charge in [0.05, 0.1) is 19.8 Å². The first-order chi connectivity index (χ1) is 14.2. The number of carbonyl (C=O) groups is 1. The minimum atomic E-state index is -0.0113. The number of piperazine rings is 1. The third-order valence-electron chi connectivity index (χ3n) is 5.16. The molecule has 2 aromatic carbocycles. The van der Waals surface area contributed by atoms with Crippen LogP contribution in [0.1, 0.15) is 12.0 Å². The summed E-state index contributed by atoms with van der Waals surface area (Å²) in [6.45, 7) is 6.17. The molecule has 1 saturated heterocycles. The Morgan fingerprint density at radius 2 is 1.72 bits per heavy atom. The fourth-order valence-corrected chi connectivity index (χ4v) is 3.86. The molecule has 0 saturated carbocycles. The van der Waals surface area contributed by atoms with Crippen molar-refractivity contribution in [3.63, 3.8) is 0 Å². The van der Waals surface area contributed by atoms with Gasteiger partial charge in [0, 0.05) is 55.9 Å². The molecule has 1 fully saturated rings. The monoisotopic (exact) mass is 415 g/mol. The molecule has 2 aliphatic heterocycles. The third kappa shape index (κ3) is 5.63. The SMILES string of the molecule is O=C(CN1CCN(Cc2cccc(Cl)c2)CC1)Nc1ccc2c(c1)OCCCO2. The van der Waals surface area contributed by atoms with E-state index in [0.717, 1.165) is 55.6 Å². The van der Waals surface area contributed by atoms with Gasteiger partial charge in [-0.15, -0.1) is 0 Å². The van der Waals surface area contributed by atoms with E-state index in [2.05, 4.69) is 21.2 Å². The summed E-state index contributed by atoms with van der Waals surface area (Å²) in [5, 5.41) is 3.74. The summed E-state index contributed by atoms with van der Waals surface area (Å²) in [6, 6.07) is 13.5. The van der Waals surface area contributed by atoms with Crippen molar-refractivity contribution in [2.24, 2.45) is 0 Å². The summed E-state index contributed by atoms with van der Waals surface area (Å²) >= 11 is 6.07. The Morgan fingerprint density at radius 1 is 0.966 bits per heavy atom. The van der Waals surface area contributed by atoms with Crippen LogP contribution in [-0.2, 0) is 11.3 Å². The first-order valence-corrected chi connectivity index (χ1v) is 10.4. The predicted molar refractivity (Wildman–Crippen MR) is 114 cm³/mol. The fraction of sp³-hybridized carbons (Fsp3) is 0.409. The smallest absolute Gasteiger partial charge is 0.238 e. The van der Waals surface area contributed by atoms with Crippen LogP contribution in [0.2, 0.25) is 5.02 Å². The van der Waals surface area contributed by atoms with Crippen molar-refractivity contribution in [1.82, 2.24) is 9.80 Å². The molecule has 6 nitrogen and oxygen atoms in total. The molecule has 0 spiro atoms. The molecule has 2 heterocycles. The molecule has 0 aromatic heterocycles. The molecule has 154 valence electrons. The van der Waals surface area contributed by atoms with Gasteiger partial charge in [0.25, 0.3) is 0 Å². The molecule has 4 rings (SSSR count). The number of amides is 1. The van der Waals surface area contributed by atoms with E-state index in [4.69, 9.17) is 21.1 Å². The molecule has 0 atom stereocenters. The number of benzene rings is 2. The number of ether oxygens (including phenoxy) is 2. The number of halogens is 1. The van der Waals surface area contributed by atoms with Crippen LogP contribution in [0.25, 0.3) is 0 Å². The zero-order valence-corrected chi connectivity index (χ0v) is 17.2. The van der Waals surface area contributed by atoms with Gasteiger partial charge in [0.15, 0.2) is 11.5 Å². The Balaban J connectivity index is 1.24. The van der Waals surface area contributed by atoms with Crippen molar-refractivity contribution in [2.75, 3.05) is 51.3 Å². The second-order valence-corrected chi connectivity index (χ2v) is 7.88. The highest BCUT2D eigenvalue weighted by Crippen LogP contribution is 2.32. The average Bonchev–Trinajstić information content (AvgIpc) is 2.94. The van der Waals surface area contributed by atoms with Crippen LogP contribution in [0.5, 0.6) is 11.5 Å². The van der Waals surface area contributed by atoms with Gasteiger partial charge in [-0.1, -0.05) is 23.7 Å². The highest BCUT2D eigenvalue weighted by Gasteiger charge is 2.19. The lowest BCUT2D eigenvalue weighted by Crippen LogP contribution is -2.48. The molecule has 2 aliphatic rings. The number of carbonyl (C=O) groups excluding carboxylic acids is 1. The highest BCUT2D eigenvalue weighted by atomic mass is 35.5. The average molecular weight is 416 g/mol. The standard InChI is InChI=1S/C22H26ClN3O3/c23-18-4-1-3-17(13-18)15-25-7-9-26(10-8-25)16-22(27)24-19-5-6-20-21(14-19)29-12-2-11-28-20/h1,3-6,13-14H,2,7-12,15-16H2,(H,24,27). The Labute approximate surface area is 176 Å². The highest BCUT2D eigenvalue weighted by molar-refractivity contribution is 6.30. The van der Waals surface area contributed by atoms with Crippen LogP contribution in [0.15, 0.2) is 42.5 Å². The lowest BCUT2D eigenvalue weighted by atomic mass is 10.2. The van der Waals surface area contributed by atoms with Gasteiger partial charge in [0.1, 0.15) is 0 Å². The number of nitrogens with one attached hydrogen (secondary N) is 1. The van der Waals surface area contributed by atoms with Crippen LogP contribution in [0.3, 0.4) is 0 Å². The minimum Gasteiger partial charge on any atom is -0.490 e. The number of hydrogen-bond donors (Lipinski definition) is 1. The Morgan fingerprint density at radius 3 is 2.52 bits per heavy atom. The van der Waals surface area contributed by atoms with Gasteiger partial charge in [-0.05, 0) is 29.8 Å². The molecule has 2 aromatic rings. The first kappa shape index (κ1) is 20.0. The lowest BCUT2D eigenvalue weighted by molar-refractivity contribution is -0.117. The maximum Gasteiger partial charge on any atom is 0.238 e.